The van der Waals surface area contributed by atoms with E-state index in [1.54, 1.807) is 6.20 Å². The van der Waals surface area contributed by atoms with Gasteiger partial charge in [0.2, 0.25) is 5.91 Å². The van der Waals surface area contributed by atoms with Crippen LogP contribution in [0.3, 0.4) is 0 Å². The second-order valence-corrected chi connectivity index (χ2v) is 12.9. The summed E-state index contributed by atoms with van der Waals surface area (Å²) in [6, 6.07) is 33.1. The van der Waals surface area contributed by atoms with Crippen molar-refractivity contribution in [1.29, 1.82) is 5.41 Å². The number of amides is 1. The Morgan fingerprint density at radius 2 is 1.76 bits per heavy atom. The Labute approximate surface area is 286 Å². The molecule has 4 N–H and O–H groups in total. The van der Waals surface area contributed by atoms with Crippen LogP contribution in [0.1, 0.15) is 35.4 Å². The summed E-state index contributed by atoms with van der Waals surface area (Å²) in [6.07, 6.45) is 7.17. The first-order valence-corrected chi connectivity index (χ1v) is 17.0. The Hall–Kier alpha value is -5.54. The van der Waals surface area contributed by atoms with E-state index in [-0.39, 0.29) is 11.7 Å². The summed E-state index contributed by atoms with van der Waals surface area (Å²) in [5.74, 6) is 1.14. The van der Waals surface area contributed by atoms with Gasteiger partial charge in [0, 0.05) is 56.2 Å². The van der Waals surface area contributed by atoms with Gasteiger partial charge in [-0.2, -0.15) is 0 Å². The number of pyridine rings is 1. The van der Waals surface area contributed by atoms with E-state index in [1.165, 1.54) is 5.56 Å². The first kappa shape index (κ1) is 32.0. The van der Waals surface area contributed by atoms with E-state index in [0.717, 1.165) is 88.9 Å². The van der Waals surface area contributed by atoms with Crippen molar-refractivity contribution in [3.05, 3.63) is 132 Å². The van der Waals surface area contributed by atoms with Gasteiger partial charge in [-0.05, 0) is 71.5 Å². The van der Waals surface area contributed by atoms with E-state index in [0.29, 0.717) is 19.1 Å². The van der Waals surface area contributed by atoms with Crippen molar-refractivity contribution in [3.63, 3.8) is 0 Å². The van der Waals surface area contributed by atoms with Crippen molar-refractivity contribution in [2.75, 3.05) is 29.9 Å². The van der Waals surface area contributed by atoms with E-state index >= 15 is 0 Å². The summed E-state index contributed by atoms with van der Waals surface area (Å²) in [5.41, 5.74) is 12.4. The molecule has 4 aromatic carbocycles. The third-order valence-corrected chi connectivity index (χ3v) is 9.66. The number of carbonyl (C=O) groups excluding carboxylic acids is 1. The summed E-state index contributed by atoms with van der Waals surface area (Å²) in [5, 5.41) is 13.6. The first-order chi connectivity index (χ1) is 23.9. The van der Waals surface area contributed by atoms with Gasteiger partial charge in [0.15, 0.2) is 0 Å². The number of piperidine rings is 1. The molecule has 1 amide bonds. The molecule has 9 heteroatoms. The quantitative estimate of drug-likeness (QED) is 0.112. The van der Waals surface area contributed by atoms with Gasteiger partial charge in [0.25, 0.3) is 0 Å². The standard InChI is InChI=1S/C40H42N8O/c1-46-37-17-16-34(24-36(37)45-38(46)18-13-28-11-14-30(15-12-28)40(41)42)48(26-31-8-4-7-29-6-2-3-10-35(29)31)39(49)27-47-22-19-32(20-23-47)44-33-9-5-21-43-25-33/h2-12,14-17,21,24-25,32,44H,13,18-20,22-23,26-27H2,1H3,(H3,41,42). The lowest BCUT2D eigenvalue weighted by Crippen LogP contribution is -2.45. The number of rotatable bonds is 11. The molecule has 0 radical (unpaired) electrons. The number of nitrogens with one attached hydrogen (secondary N) is 2. The van der Waals surface area contributed by atoms with E-state index in [9.17, 15) is 4.79 Å². The normalized spacial score (nSPS) is 13.9. The van der Waals surface area contributed by atoms with Gasteiger partial charge in [-0.15, -0.1) is 0 Å². The number of aromatic nitrogens is 3. The number of amidine groups is 1. The molecule has 0 atom stereocenters. The molecule has 9 nitrogen and oxygen atoms in total. The molecule has 0 bridgehead atoms. The molecule has 0 aliphatic carbocycles. The molecule has 1 aliphatic rings. The molecule has 1 saturated heterocycles. The Kier molecular flexibility index (Phi) is 9.34. The molecule has 6 aromatic rings. The number of carbonyl (C=O) groups is 1. The number of likely N-dealkylation sites (tertiary alicyclic amines) is 1. The molecule has 7 rings (SSSR count). The summed E-state index contributed by atoms with van der Waals surface area (Å²) >= 11 is 0. The van der Waals surface area contributed by atoms with Crippen LogP contribution in [0, 0.1) is 5.41 Å². The van der Waals surface area contributed by atoms with E-state index < -0.39 is 0 Å². The van der Waals surface area contributed by atoms with Crippen LogP contribution in [0.15, 0.2) is 109 Å². The van der Waals surface area contributed by atoms with Crippen LogP contribution in [0.4, 0.5) is 11.4 Å². The van der Waals surface area contributed by atoms with Crippen molar-refractivity contribution in [2.45, 2.75) is 38.3 Å². The number of nitrogens with two attached hydrogens (primary N) is 1. The largest absolute Gasteiger partial charge is 0.384 e. The fourth-order valence-electron chi connectivity index (χ4n) is 6.86. The van der Waals surface area contributed by atoms with Crippen LogP contribution in [0.25, 0.3) is 21.8 Å². The fraction of sp³-hybridized carbons (Fsp3) is 0.250. The molecule has 1 fully saturated rings. The van der Waals surface area contributed by atoms with Crippen LogP contribution in [-0.2, 0) is 31.2 Å². The Morgan fingerprint density at radius 1 is 0.959 bits per heavy atom. The minimum Gasteiger partial charge on any atom is -0.384 e. The molecular weight excluding hydrogens is 608 g/mol. The van der Waals surface area contributed by atoms with Crippen LogP contribution >= 0.6 is 0 Å². The average molecular weight is 651 g/mol. The van der Waals surface area contributed by atoms with Crippen molar-refractivity contribution < 1.29 is 4.79 Å². The maximum Gasteiger partial charge on any atom is 0.241 e. The van der Waals surface area contributed by atoms with Crippen LogP contribution in [0.2, 0.25) is 0 Å². The second-order valence-electron chi connectivity index (χ2n) is 12.9. The molecule has 2 aromatic heterocycles. The first-order valence-electron chi connectivity index (χ1n) is 17.0. The number of anilines is 2. The SMILES string of the molecule is Cn1c(CCc2ccc(C(=N)N)cc2)nc2cc(N(Cc3cccc4ccccc34)C(=O)CN3CCC(Nc4cccnc4)CC3)ccc21. The third kappa shape index (κ3) is 7.32. The minimum atomic E-state index is 0.0735. The zero-order valence-corrected chi connectivity index (χ0v) is 27.8. The lowest BCUT2D eigenvalue weighted by molar-refractivity contribution is -0.120. The molecule has 248 valence electrons. The van der Waals surface area contributed by atoms with Gasteiger partial charge in [0.1, 0.15) is 11.7 Å². The number of benzene rings is 4. The Balaban J connectivity index is 1.11. The number of nitrogen functional groups attached to an aromatic ring is 1. The van der Waals surface area contributed by atoms with Crippen molar-refractivity contribution >= 4 is 44.9 Å². The molecule has 1 aliphatic heterocycles. The highest BCUT2D eigenvalue weighted by Crippen LogP contribution is 2.28. The van der Waals surface area contributed by atoms with Gasteiger partial charge in [-0.3, -0.25) is 20.1 Å². The van der Waals surface area contributed by atoms with Crippen LogP contribution in [0.5, 0.6) is 0 Å². The molecule has 0 spiro atoms. The summed E-state index contributed by atoms with van der Waals surface area (Å²) in [6.45, 7) is 2.54. The topological polar surface area (TPSA) is 116 Å². The lowest BCUT2D eigenvalue weighted by Gasteiger charge is -2.34. The van der Waals surface area contributed by atoms with Crippen LogP contribution in [-0.4, -0.2) is 56.9 Å². The summed E-state index contributed by atoms with van der Waals surface area (Å²) in [7, 11) is 2.05. The smallest absolute Gasteiger partial charge is 0.241 e. The maximum absolute atomic E-state index is 14.3. The zero-order valence-electron chi connectivity index (χ0n) is 27.8. The van der Waals surface area contributed by atoms with Gasteiger partial charge >= 0.3 is 0 Å². The number of nitrogens with zero attached hydrogens (tertiary/aromatic N) is 5. The predicted molar refractivity (Wildman–Crippen MR) is 198 cm³/mol. The van der Waals surface area contributed by atoms with E-state index in [4.69, 9.17) is 16.1 Å². The Morgan fingerprint density at radius 3 is 2.53 bits per heavy atom. The summed E-state index contributed by atoms with van der Waals surface area (Å²) in [4.78, 5) is 27.7. The fourth-order valence-corrected chi connectivity index (χ4v) is 6.86. The number of fused-ring (bicyclic) bond motifs is 2. The summed E-state index contributed by atoms with van der Waals surface area (Å²) < 4.78 is 2.14. The van der Waals surface area contributed by atoms with E-state index in [2.05, 4.69) is 87.5 Å². The van der Waals surface area contributed by atoms with Crippen molar-refractivity contribution in [2.24, 2.45) is 12.8 Å². The third-order valence-electron chi connectivity index (χ3n) is 9.66. The number of hydrogen-bond donors (Lipinski definition) is 3. The molecule has 0 saturated carbocycles. The molecular formula is C40H42N8O. The lowest BCUT2D eigenvalue weighted by atomic mass is 10.0. The van der Waals surface area contributed by atoms with Gasteiger partial charge in [0.05, 0.1) is 29.8 Å². The predicted octanol–water partition coefficient (Wildman–Crippen LogP) is 6.30. The number of imidazole rings is 1. The van der Waals surface area contributed by atoms with Gasteiger partial charge < -0.3 is 20.5 Å². The Bertz CT molecular complexity index is 2080. The molecule has 49 heavy (non-hydrogen) atoms. The average Bonchev–Trinajstić information content (AvgIpc) is 3.45. The minimum absolute atomic E-state index is 0.0735. The highest BCUT2D eigenvalue weighted by Gasteiger charge is 2.25. The highest BCUT2D eigenvalue weighted by atomic mass is 16.2. The number of aryl methyl sites for hydroxylation is 3. The number of hydrogen-bond acceptors (Lipinski definition) is 6. The zero-order chi connectivity index (χ0) is 33.7. The maximum atomic E-state index is 14.3. The van der Waals surface area contributed by atoms with E-state index in [1.807, 2.05) is 47.5 Å². The highest BCUT2D eigenvalue weighted by molar-refractivity contribution is 5.98. The van der Waals surface area contributed by atoms with Gasteiger partial charge in [-0.1, -0.05) is 66.7 Å². The molecule has 0 unspecified atom stereocenters. The monoisotopic (exact) mass is 650 g/mol. The second kappa shape index (κ2) is 14.3. The van der Waals surface area contributed by atoms with Crippen LogP contribution < -0.4 is 16.0 Å². The van der Waals surface area contributed by atoms with Crippen molar-refractivity contribution in [1.82, 2.24) is 19.4 Å². The van der Waals surface area contributed by atoms with Crippen molar-refractivity contribution in [3.8, 4) is 0 Å². The van der Waals surface area contributed by atoms with Gasteiger partial charge in [-0.25, -0.2) is 4.98 Å². The molecule has 3 heterocycles.